The summed E-state index contributed by atoms with van der Waals surface area (Å²) in [5.74, 6) is -1.11. The fourth-order valence-corrected chi connectivity index (χ4v) is 2.39. The van der Waals surface area contributed by atoms with Gasteiger partial charge in [0, 0.05) is 6.54 Å². The van der Waals surface area contributed by atoms with E-state index in [-0.39, 0.29) is 23.1 Å². The molecule has 0 aromatic heterocycles. The number of phenols is 1. The summed E-state index contributed by atoms with van der Waals surface area (Å²) in [6, 6.07) is 14.5. The third-order valence-corrected chi connectivity index (χ3v) is 3.98. The summed E-state index contributed by atoms with van der Waals surface area (Å²) in [7, 11) is 0. The number of esters is 1. The number of amides is 1. The first-order chi connectivity index (χ1) is 11.9. The van der Waals surface area contributed by atoms with Crippen molar-refractivity contribution >= 4 is 11.9 Å². The largest absolute Gasteiger partial charge is 0.507 e. The van der Waals surface area contributed by atoms with E-state index in [4.69, 9.17) is 4.74 Å². The van der Waals surface area contributed by atoms with E-state index in [1.807, 2.05) is 37.3 Å². The highest BCUT2D eigenvalue weighted by molar-refractivity contribution is 5.94. The monoisotopic (exact) mass is 341 g/mol. The van der Waals surface area contributed by atoms with Crippen LogP contribution < -0.4 is 5.32 Å². The highest BCUT2D eigenvalue weighted by Gasteiger charge is 2.21. The minimum atomic E-state index is -0.948. The second-order valence-corrected chi connectivity index (χ2v) is 6.13. The molecule has 0 heterocycles. The van der Waals surface area contributed by atoms with Gasteiger partial charge in [0.15, 0.2) is 6.10 Å². The predicted molar refractivity (Wildman–Crippen MR) is 95.6 cm³/mol. The summed E-state index contributed by atoms with van der Waals surface area (Å²) in [4.78, 5) is 24.2. The highest BCUT2D eigenvalue weighted by Crippen LogP contribution is 2.20. The first-order valence-electron chi connectivity index (χ1n) is 8.21. The van der Waals surface area contributed by atoms with Gasteiger partial charge in [0.1, 0.15) is 11.3 Å². The minimum absolute atomic E-state index is 0.0444. The van der Waals surface area contributed by atoms with E-state index in [0.717, 1.165) is 11.1 Å². The fourth-order valence-electron chi connectivity index (χ4n) is 2.39. The van der Waals surface area contributed by atoms with Gasteiger partial charge >= 0.3 is 5.97 Å². The van der Waals surface area contributed by atoms with Crippen LogP contribution in [0, 0.1) is 6.92 Å². The molecule has 0 radical (unpaired) electrons. The Kier molecular flexibility index (Phi) is 6.17. The SMILES string of the molecule is Cc1ccc(C(=O)O[C@@H](C)C(=O)NC[C@@H](C)c2ccccc2)c(O)c1. The number of carbonyl (C=O) groups is 2. The number of rotatable bonds is 6. The quantitative estimate of drug-likeness (QED) is 0.791. The van der Waals surface area contributed by atoms with Crippen molar-refractivity contribution in [1.82, 2.24) is 5.32 Å². The van der Waals surface area contributed by atoms with Gasteiger partial charge in [-0.3, -0.25) is 4.79 Å². The molecule has 0 aliphatic heterocycles. The third kappa shape index (κ3) is 5.08. The van der Waals surface area contributed by atoms with E-state index in [1.54, 1.807) is 13.0 Å². The van der Waals surface area contributed by atoms with Crippen LogP contribution in [-0.2, 0) is 9.53 Å². The zero-order chi connectivity index (χ0) is 18.4. The Balaban J connectivity index is 1.88. The fraction of sp³-hybridized carbons (Fsp3) is 0.300. The molecule has 2 rings (SSSR count). The van der Waals surface area contributed by atoms with Crippen LogP contribution in [0.3, 0.4) is 0 Å². The molecule has 132 valence electrons. The van der Waals surface area contributed by atoms with E-state index >= 15 is 0 Å². The summed E-state index contributed by atoms with van der Waals surface area (Å²) < 4.78 is 5.15. The topological polar surface area (TPSA) is 75.6 Å². The smallest absolute Gasteiger partial charge is 0.342 e. The molecule has 0 bridgehead atoms. The van der Waals surface area contributed by atoms with Crippen LogP contribution in [0.15, 0.2) is 48.5 Å². The van der Waals surface area contributed by atoms with Crippen LogP contribution in [0.5, 0.6) is 5.75 Å². The van der Waals surface area contributed by atoms with E-state index in [2.05, 4.69) is 5.32 Å². The van der Waals surface area contributed by atoms with Crippen LogP contribution in [0.2, 0.25) is 0 Å². The molecule has 0 saturated heterocycles. The molecule has 0 aliphatic rings. The number of phenolic OH excluding ortho intramolecular Hbond substituents is 1. The maximum absolute atomic E-state index is 12.1. The lowest BCUT2D eigenvalue weighted by atomic mass is 10.0. The zero-order valence-corrected chi connectivity index (χ0v) is 14.7. The number of hydrogen-bond donors (Lipinski definition) is 2. The van der Waals surface area contributed by atoms with Crippen LogP contribution in [0.25, 0.3) is 0 Å². The molecule has 1 amide bonds. The zero-order valence-electron chi connectivity index (χ0n) is 14.7. The summed E-state index contributed by atoms with van der Waals surface area (Å²) in [6.45, 7) is 5.77. The Bertz CT molecular complexity index is 743. The molecule has 5 heteroatoms. The van der Waals surface area contributed by atoms with Gasteiger partial charge < -0.3 is 15.2 Å². The van der Waals surface area contributed by atoms with Gasteiger partial charge in [-0.1, -0.05) is 43.3 Å². The number of nitrogens with one attached hydrogen (secondary N) is 1. The number of aromatic hydroxyl groups is 1. The van der Waals surface area contributed by atoms with Crippen molar-refractivity contribution in [2.45, 2.75) is 32.8 Å². The molecule has 0 fully saturated rings. The van der Waals surface area contributed by atoms with Crippen LogP contribution in [0.4, 0.5) is 0 Å². The van der Waals surface area contributed by atoms with E-state index < -0.39 is 12.1 Å². The van der Waals surface area contributed by atoms with Crippen LogP contribution >= 0.6 is 0 Å². The number of ether oxygens (including phenoxy) is 1. The standard InChI is InChI=1S/C20H23NO4/c1-13-9-10-17(18(22)11-13)20(24)25-15(3)19(23)21-12-14(2)16-7-5-4-6-8-16/h4-11,14-15,22H,12H2,1-3H3,(H,21,23)/t14-,15+/m1/s1. The summed E-state index contributed by atoms with van der Waals surface area (Å²) in [5.41, 5.74) is 2.00. The molecule has 0 unspecified atom stereocenters. The van der Waals surface area contributed by atoms with Crippen molar-refractivity contribution in [3.63, 3.8) is 0 Å². The van der Waals surface area contributed by atoms with Crippen molar-refractivity contribution < 1.29 is 19.4 Å². The second kappa shape index (κ2) is 8.33. The summed E-state index contributed by atoms with van der Waals surface area (Å²) in [6.07, 6.45) is -0.948. The summed E-state index contributed by atoms with van der Waals surface area (Å²) in [5, 5.41) is 12.6. The van der Waals surface area contributed by atoms with E-state index in [0.29, 0.717) is 6.54 Å². The molecule has 2 atom stereocenters. The third-order valence-electron chi connectivity index (χ3n) is 3.98. The van der Waals surface area contributed by atoms with Gasteiger partial charge in [0.05, 0.1) is 0 Å². The lowest BCUT2D eigenvalue weighted by Crippen LogP contribution is -2.37. The van der Waals surface area contributed by atoms with Crippen LogP contribution in [-0.4, -0.2) is 29.6 Å². The number of hydrogen-bond acceptors (Lipinski definition) is 4. The first kappa shape index (κ1) is 18.5. The van der Waals surface area contributed by atoms with Gasteiger partial charge in [-0.05, 0) is 43.0 Å². The molecule has 2 aromatic carbocycles. The normalized spacial score (nSPS) is 12.9. The highest BCUT2D eigenvalue weighted by atomic mass is 16.5. The average Bonchev–Trinajstić information content (AvgIpc) is 2.59. The van der Waals surface area contributed by atoms with Crippen molar-refractivity contribution in [2.75, 3.05) is 6.54 Å². The van der Waals surface area contributed by atoms with Crippen molar-refractivity contribution in [3.05, 3.63) is 65.2 Å². The maximum Gasteiger partial charge on any atom is 0.342 e. The average molecular weight is 341 g/mol. The molecule has 25 heavy (non-hydrogen) atoms. The van der Waals surface area contributed by atoms with Crippen molar-refractivity contribution in [3.8, 4) is 5.75 Å². The number of benzene rings is 2. The molecular weight excluding hydrogens is 318 g/mol. The molecule has 0 aliphatic carbocycles. The maximum atomic E-state index is 12.1. The van der Waals surface area contributed by atoms with E-state index in [1.165, 1.54) is 19.1 Å². The van der Waals surface area contributed by atoms with Crippen molar-refractivity contribution in [2.24, 2.45) is 0 Å². The Morgan fingerprint density at radius 1 is 1.12 bits per heavy atom. The number of aryl methyl sites for hydroxylation is 1. The Hall–Kier alpha value is -2.82. The van der Waals surface area contributed by atoms with Gasteiger partial charge in [-0.15, -0.1) is 0 Å². The summed E-state index contributed by atoms with van der Waals surface area (Å²) >= 11 is 0. The Labute approximate surface area is 147 Å². The lowest BCUT2D eigenvalue weighted by molar-refractivity contribution is -0.129. The molecule has 0 spiro atoms. The Morgan fingerprint density at radius 3 is 2.44 bits per heavy atom. The molecule has 5 nitrogen and oxygen atoms in total. The Morgan fingerprint density at radius 2 is 1.80 bits per heavy atom. The van der Waals surface area contributed by atoms with Gasteiger partial charge in [-0.25, -0.2) is 4.79 Å². The molecule has 2 aromatic rings. The molecule has 2 N–H and O–H groups in total. The van der Waals surface area contributed by atoms with Gasteiger partial charge in [0.25, 0.3) is 5.91 Å². The van der Waals surface area contributed by atoms with Crippen LogP contribution in [0.1, 0.15) is 41.3 Å². The van der Waals surface area contributed by atoms with Gasteiger partial charge in [-0.2, -0.15) is 0 Å². The second-order valence-electron chi connectivity index (χ2n) is 6.13. The van der Waals surface area contributed by atoms with Gasteiger partial charge in [0.2, 0.25) is 0 Å². The predicted octanol–water partition coefficient (Wildman–Crippen LogP) is 3.17. The lowest BCUT2D eigenvalue weighted by Gasteiger charge is -2.17. The minimum Gasteiger partial charge on any atom is -0.507 e. The van der Waals surface area contributed by atoms with Crippen molar-refractivity contribution in [1.29, 1.82) is 0 Å². The molecule has 0 saturated carbocycles. The van der Waals surface area contributed by atoms with E-state index in [9.17, 15) is 14.7 Å². The molecular formula is C20H23NO4. The first-order valence-corrected chi connectivity index (χ1v) is 8.21. The number of carbonyl (C=O) groups excluding carboxylic acids is 2.